The summed E-state index contributed by atoms with van der Waals surface area (Å²) in [6.07, 6.45) is 2.72. The van der Waals surface area contributed by atoms with Gasteiger partial charge in [-0.1, -0.05) is 31.4 Å². The molecule has 4 aromatic rings. The van der Waals surface area contributed by atoms with Crippen molar-refractivity contribution < 1.29 is 18.0 Å². The fourth-order valence-corrected chi connectivity index (χ4v) is 4.87. The summed E-state index contributed by atoms with van der Waals surface area (Å²) in [7, 11) is 0. The number of carbonyl (C=O) groups excluding carboxylic acids is 1. The Bertz CT molecular complexity index is 1610. The number of aryl methyl sites for hydroxylation is 2. The molecule has 0 atom stereocenters. The van der Waals surface area contributed by atoms with E-state index in [9.17, 15) is 22.8 Å². The number of anilines is 2. The lowest BCUT2D eigenvalue weighted by Crippen LogP contribution is -2.26. The average Bonchev–Trinajstić information content (AvgIpc) is 2.90. The molecule has 2 heterocycles. The van der Waals surface area contributed by atoms with Crippen molar-refractivity contribution in [3.63, 3.8) is 0 Å². The van der Waals surface area contributed by atoms with Gasteiger partial charge >= 0.3 is 11.9 Å². The van der Waals surface area contributed by atoms with Crippen LogP contribution in [0.2, 0.25) is 0 Å². The van der Waals surface area contributed by atoms with E-state index in [1.54, 1.807) is 38.2 Å². The summed E-state index contributed by atoms with van der Waals surface area (Å²) in [6, 6.07) is 9.40. The zero-order valence-electron chi connectivity index (χ0n) is 21.5. The maximum Gasteiger partial charge on any atom is 0.416 e. The fourth-order valence-electron chi connectivity index (χ4n) is 4.87. The predicted molar refractivity (Wildman–Crippen MR) is 142 cm³/mol. The highest BCUT2D eigenvalue weighted by Gasteiger charge is 2.31. The molecule has 0 unspecified atom stereocenters. The highest BCUT2D eigenvalue weighted by atomic mass is 19.4. The number of amides is 1. The highest BCUT2D eigenvalue weighted by molar-refractivity contribution is 6.04. The molecule has 0 spiro atoms. The van der Waals surface area contributed by atoms with Gasteiger partial charge in [-0.15, -0.1) is 0 Å². The van der Waals surface area contributed by atoms with E-state index in [4.69, 9.17) is 0 Å². The summed E-state index contributed by atoms with van der Waals surface area (Å²) >= 11 is 0. The fraction of sp³-hybridized carbons (Fsp3) is 0.321. The molecule has 11 heteroatoms. The van der Waals surface area contributed by atoms with Gasteiger partial charge in [0.25, 0.3) is 5.91 Å². The van der Waals surface area contributed by atoms with Gasteiger partial charge in [0.2, 0.25) is 5.95 Å². The van der Waals surface area contributed by atoms with Gasteiger partial charge in [-0.2, -0.15) is 23.1 Å². The number of halogens is 3. The van der Waals surface area contributed by atoms with Crippen LogP contribution in [-0.4, -0.2) is 31.5 Å². The second-order valence-electron chi connectivity index (χ2n) is 9.76. The number of nitrogens with zero attached hydrogens (tertiary/aromatic N) is 4. The molecule has 1 aliphatic carbocycles. The number of carbonyl (C=O) groups is 1. The van der Waals surface area contributed by atoms with Crippen molar-refractivity contribution in [2.75, 3.05) is 10.6 Å². The number of alkyl halides is 3. The number of fused-ring (bicyclic) bond motifs is 1. The molecule has 39 heavy (non-hydrogen) atoms. The van der Waals surface area contributed by atoms with Crippen LogP contribution < -0.4 is 16.3 Å². The molecule has 5 rings (SSSR count). The molecule has 2 aromatic heterocycles. The standard InChI is InChI=1S/C28H27F3N6O2/c1-16-11-12-21(33-25(38)18-7-6-8-19(13-18)28(29,30)31)14-23(16)37-17(2)22-15-32-26(35-24(22)36-27(37)39)34-20-9-4-3-5-10-20/h6-8,11-15,20H,3-5,9-10H2,1-2H3,(H,33,38)(H,34,35,36,39). The summed E-state index contributed by atoms with van der Waals surface area (Å²) in [6.45, 7) is 3.56. The third-order valence-corrected chi connectivity index (χ3v) is 6.99. The first kappa shape index (κ1) is 26.3. The van der Waals surface area contributed by atoms with E-state index in [1.807, 2.05) is 0 Å². The van der Waals surface area contributed by atoms with Crippen molar-refractivity contribution in [1.82, 2.24) is 19.5 Å². The minimum Gasteiger partial charge on any atom is -0.351 e. The summed E-state index contributed by atoms with van der Waals surface area (Å²) < 4.78 is 40.6. The quantitative estimate of drug-likeness (QED) is 0.334. The molecule has 0 bridgehead atoms. The number of rotatable bonds is 5. The number of benzene rings is 2. The van der Waals surface area contributed by atoms with Crippen molar-refractivity contribution in [2.45, 2.75) is 58.2 Å². The van der Waals surface area contributed by atoms with Gasteiger partial charge in [0.05, 0.1) is 16.6 Å². The van der Waals surface area contributed by atoms with Gasteiger partial charge in [-0.3, -0.25) is 9.36 Å². The molecule has 1 saturated carbocycles. The van der Waals surface area contributed by atoms with Gasteiger partial charge in [-0.25, -0.2) is 9.78 Å². The van der Waals surface area contributed by atoms with Crippen LogP contribution in [0.1, 0.15) is 59.3 Å². The zero-order chi connectivity index (χ0) is 27.7. The Morgan fingerprint density at radius 3 is 2.54 bits per heavy atom. The van der Waals surface area contributed by atoms with Gasteiger partial charge in [0, 0.05) is 29.2 Å². The third kappa shape index (κ3) is 5.62. The number of nitrogens with one attached hydrogen (secondary N) is 2. The Balaban J connectivity index is 1.45. The van der Waals surface area contributed by atoms with Crippen LogP contribution in [0, 0.1) is 13.8 Å². The Morgan fingerprint density at radius 2 is 1.79 bits per heavy atom. The minimum absolute atomic E-state index is 0.137. The molecule has 202 valence electrons. The Hall–Kier alpha value is -4.28. The Kier molecular flexibility index (Phi) is 7.07. The van der Waals surface area contributed by atoms with Crippen molar-refractivity contribution in [2.24, 2.45) is 0 Å². The van der Waals surface area contributed by atoms with Crippen molar-refractivity contribution >= 4 is 28.6 Å². The van der Waals surface area contributed by atoms with Gasteiger partial charge < -0.3 is 10.6 Å². The smallest absolute Gasteiger partial charge is 0.351 e. The Labute approximate surface area is 222 Å². The van der Waals surface area contributed by atoms with Gasteiger partial charge in [-0.05, 0) is 62.6 Å². The van der Waals surface area contributed by atoms with E-state index in [0.29, 0.717) is 34.4 Å². The van der Waals surface area contributed by atoms with Crippen LogP contribution in [0.5, 0.6) is 0 Å². The van der Waals surface area contributed by atoms with Gasteiger partial charge in [0.15, 0.2) is 5.65 Å². The SMILES string of the molecule is Cc1ccc(NC(=O)c2cccc(C(F)(F)F)c2)cc1-n1c(C)c2cnc(NC3CCCCC3)nc2nc1=O. The molecular weight excluding hydrogens is 509 g/mol. The van der Waals surface area contributed by atoms with E-state index in [2.05, 4.69) is 25.6 Å². The maximum atomic E-state index is 13.2. The van der Waals surface area contributed by atoms with E-state index in [0.717, 1.165) is 43.4 Å². The molecule has 0 radical (unpaired) electrons. The second-order valence-corrected chi connectivity index (χ2v) is 9.76. The predicted octanol–water partition coefficient (Wildman–Crippen LogP) is 5.81. The normalized spacial score (nSPS) is 14.4. The molecular formula is C28H27F3N6O2. The summed E-state index contributed by atoms with van der Waals surface area (Å²) in [5.41, 5.74) is 0.769. The lowest BCUT2D eigenvalue weighted by Gasteiger charge is -2.22. The Morgan fingerprint density at radius 1 is 1.03 bits per heavy atom. The van der Waals surface area contributed by atoms with E-state index in [-0.39, 0.29) is 11.2 Å². The average molecular weight is 537 g/mol. The van der Waals surface area contributed by atoms with E-state index < -0.39 is 23.3 Å². The van der Waals surface area contributed by atoms with Crippen LogP contribution in [0.3, 0.4) is 0 Å². The second kappa shape index (κ2) is 10.5. The summed E-state index contributed by atoms with van der Waals surface area (Å²) in [5.74, 6) is -0.267. The van der Waals surface area contributed by atoms with Crippen LogP contribution in [0.15, 0.2) is 53.5 Å². The summed E-state index contributed by atoms with van der Waals surface area (Å²) in [5, 5.41) is 6.56. The van der Waals surface area contributed by atoms with E-state index >= 15 is 0 Å². The lowest BCUT2D eigenvalue weighted by molar-refractivity contribution is -0.137. The van der Waals surface area contributed by atoms with Gasteiger partial charge in [0.1, 0.15) is 0 Å². The van der Waals surface area contributed by atoms with Crippen LogP contribution in [0.4, 0.5) is 24.8 Å². The zero-order valence-corrected chi connectivity index (χ0v) is 21.5. The first-order valence-electron chi connectivity index (χ1n) is 12.7. The van der Waals surface area contributed by atoms with Crippen LogP contribution >= 0.6 is 0 Å². The number of aromatic nitrogens is 4. The molecule has 1 amide bonds. The van der Waals surface area contributed by atoms with Crippen molar-refractivity contribution in [3.05, 3.63) is 81.5 Å². The highest BCUT2D eigenvalue weighted by Crippen LogP contribution is 2.30. The molecule has 0 aliphatic heterocycles. The number of hydrogen-bond donors (Lipinski definition) is 2. The minimum atomic E-state index is -4.56. The first-order chi connectivity index (χ1) is 18.6. The first-order valence-corrected chi connectivity index (χ1v) is 12.7. The molecule has 1 fully saturated rings. The van der Waals surface area contributed by atoms with Crippen molar-refractivity contribution in [3.8, 4) is 5.69 Å². The lowest BCUT2D eigenvalue weighted by atomic mass is 9.96. The largest absolute Gasteiger partial charge is 0.416 e. The molecule has 1 aliphatic rings. The van der Waals surface area contributed by atoms with Crippen LogP contribution in [0.25, 0.3) is 16.7 Å². The maximum absolute atomic E-state index is 13.2. The molecule has 2 aromatic carbocycles. The molecule has 2 N–H and O–H groups in total. The van der Waals surface area contributed by atoms with E-state index in [1.165, 1.54) is 23.1 Å². The van der Waals surface area contributed by atoms with Crippen molar-refractivity contribution in [1.29, 1.82) is 0 Å². The monoisotopic (exact) mass is 536 g/mol. The summed E-state index contributed by atoms with van der Waals surface area (Å²) in [4.78, 5) is 39.0. The topological polar surface area (TPSA) is 102 Å². The molecule has 0 saturated heterocycles. The van der Waals surface area contributed by atoms with Crippen LogP contribution in [-0.2, 0) is 6.18 Å². The number of hydrogen-bond acceptors (Lipinski definition) is 6. The third-order valence-electron chi connectivity index (χ3n) is 6.99. The molecule has 8 nitrogen and oxygen atoms in total.